The molecule has 8 heteroatoms. The number of sulfonamides is 1. The molecule has 2 aliphatic heterocycles. The van der Waals surface area contributed by atoms with Gasteiger partial charge in [0.25, 0.3) is 5.91 Å². The monoisotopic (exact) mass is 437 g/mol. The minimum atomic E-state index is -3.60. The molecule has 0 radical (unpaired) electrons. The fourth-order valence-corrected chi connectivity index (χ4v) is 5.71. The lowest BCUT2D eigenvalue weighted by atomic mass is 9.99. The van der Waals surface area contributed by atoms with Crippen molar-refractivity contribution in [3.63, 3.8) is 0 Å². The van der Waals surface area contributed by atoms with Gasteiger partial charge in [-0.1, -0.05) is 13.3 Å². The minimum absolute atomic E-state index is 0.151. The van der Waals surface area contributed by atoms with Crippen molar-refractivity contribution in [3.8, 4) is 5.75 Å². The van der Waals surface area contributed by atoms with E-state index in [9.17, 15) is 13.2 Å². The maximum atomic E-state index is 13.0. The molecule has 0 unspecified atom stereocenters. The summed E-state index contributed by atoms with van der Waals surface area (Å²) in [6.45, 7) is 7.13. The van der Waals surface area contributed by atoms with Crippen molar-refractivity contribution >= 4 is 15.9 Å². The van der Waals surface area contributed by atoms with Gasteiger partial charge in [-0.05, 0) is 75.9 Å². The third kappa shape index (κ3) is 5.74. The summed E-state index contributed by atoms with van der Waals surface area (Å²) in [6.07, 6.45) is 6.15. The van der Waals surface area contributed by atoms with Crippen LogP contribution in [0.3, 0.4) is 0 Å². The van der Waals surface area contributed by atoms with Gasteiger partial charge >= 0.3 is 0 Å². The van der Waals surface area contributed by atoms with Crippen molar-refractivity contribution in [1.82, 2.24) is 14.5 Å². The molecule has 30 heavy (non-hydrogen) atoms. The molecule has 1 aromatic rings. The second-order valence-electron chi connectivity index (χ2n) is 8.46. The number of nitrogens with zero attached hydrogens (tertiary/aromatic N) is 2. The average Bonchev–Trinajstić information content (AvgIpc) is 2.78. The van der Waals surface area contributed by atoms with Gasteiger partial charge in [0, 0.05) is 19.6 Å². The molecule has 7 nitrogen and oxygen atoms in total. The van der Waals surface area contributed by atoms with Gasteiger partial charge < -0.3 is 15.0 Å². The van der Waals surface area contributed by atoms with Crippen LogP contribution in [0.5, 0.6) is 5.75 Å². The molecular weight excluding hydrogens is 402 g/mol. The standard InChI is InChI=1S/C22H35N3O4S/c1-18-9-15-24(16-10-18)12-6-11-23-22(26)20-17-19(7-8-21(20)29-2)30(27,28)25-13-4-3-5-14-25/h7-8,17-18H,3-6,9-16H2,1-2H3,(H,23,26). The van der Waals surface area contributed by atoms with Crippen molar-refractivity contribution in [2.24, 2.45) is 5.92 Å². The molecular formula is C22H35N3O4S. The lowest BCUT2D eigenvalue weighted by molar-refractivity contribution is 0.0947. The van der Waals surface area contributed by atoms with Gasteiger partial charge in [0.1, 0.15) is 5.75 Å². The van der Waals surface area contributed by atoms with Crippen molar-refractivity contribution < 1.29 is 17.9 Å². The Kier molecular flexibility index (Phi) is 8.13. The van der Waals surface area contributed by atoms with E-state index in [2.05, 4.69) is 17.1 Å². The smallest absolute Gasteiger partial charge is 0.255 e. The number of benzene rings is 1. The number of amides is 1. The molecule has 2 fully saturated rings. The van der Waals surface area contributed by atoms with Gasteiger partial charge in [-0.2, -0.15) is 4.31 Å². The molecule has 0 atom stereocenters. The first-order chi connectivity index (χ1) is 14.4. The van der Waals surface area contributed by atoms with Gasteiger partial charge in [0.15, 0.2) is 0 Å². The van der Waals surface area contributed by atoms with Gasteiger partial charge in [0.05, 0.1) is 17.6 Å². The minimum Gasteiger partial charge on any atom is -0.496 e. The molecule has 1 amide bonds. The number of methoxy groups -OCH3 is 1. The normalized spacial score (nSPS) is 19.5. The number of carbonyl (C=O) groups excluding carboxylic acids is 1. The number of carbonyl (C=O) groups is 1. The van der Waals surface area contributed by atoms with Crippen LogP contribution in [0.2, 0.25) is 0 Å². The second kappa shape index (κ2) is 10.6. The van der Waals surface area contributed by atoms with E-state index in [0.717, 1.165) is 51.2 Å². The first kappa shape index (κ1) is 23.0. The maximum Gasteiger partial charge on any atom is 0.255 e. The van der Waals surface area contributed by atoms with E-state index in [1.165, 1.54) is 36.4 Å². The average molecular weight is 438 g/mol. The Balaban J connectivity index is 1.61. The SMILES string of the molecule is COc1ccc(S(=O)(=O)N2CCCCC2)cc1C(=O)NCCCN1CCC(C)CC1. The Morgan fingerprint density at radius 1 is 1.13 bits per heavy atom. The van der Waals surface area contributed by atoms with Gasteiger partial charge in [-0.25, -0.2) is 8.42 Å². The Bertz CT molecular complexity index is 814. The molecule has 0 spiro atoms. The summed E-state index contributed by atoms with van der Waals surface area (Å²) in [7, 11) is -2.11. The van der Waals surface area contributed by atoms with Crippen molar-refractivity contribution in [2.45, 2.75) is 50.3 Å². The van der Waals surface area contributed by atoms with Crippen molar-refractivity contribution in [2.75, 3.05) is 46.4 Å². The molecule has 3 rings (SSSR count). The van der Waals surface area contributed by atoms with E-state index in [1.54, 1.807) is 6.07 Å². The highest BCUT2D eigenvalue weighted by atomic mass is 32.2. The molecule has 2 heterocycles. The van der Waals surface area contributed by atoms with Crippen LogP contribution in [0.1, 0.15) is 55.8 Å². The Morgan fingerprint density at radius 3 is 2.50 bits per heavy atom. The first-order valence-corrected chi connectivity index (χ1v) is 12.5. The highest BCUT2D eigenvalue weighted by Crippen LogP contribution is 2.26. The number of nitrogens with one attached hydrogen (secondary N) is 1. The number of rotatable bonds is 8. The van der Waals surface area contributed by atoms with Crippen molar-refractivity contribution in [3.05, 3.63) is 23.8 Å². The lowest BCUT2D eigenvalue weighted by Gasteiger charge is -2.30. The molecule has 1 aromatic carbocycles. The Labute approximate surface area is 180 Å². The summed E-state index contributed by atoms with van der Waals surface area (Å²) < 4.78 is 32.8. The predicted molar refractivity (Wildman–Crippen MR) is 117 cm³/mol. The summed E-state index contributed by atoms with van der Waals surface area (Å²) in [4.78, 5) is 15.4. The summed E-state index contributed by atoms with van der Waals surface area (Å²) in [6, 6.07) is 4.54. The molecule has 1 N–H and O–H groups in total. The zero-order chi connectivity index (χ0) is 21.6. The van der Waals surface area contributed by atoms with E-state index in [0.29, 0.717) is 25.4 Å². The van der Waals surface area contributed by atoms with Crippen LogP contribution in [0.25, 0.3) is 0 Å². The van der Waals surface area contributed by atoms with Crippen LogP contribution in [-0.2, 0) is 10.0 Å². The molecule has 168 valence electrons. The number of hydrogen-bond acceptors (Lipinski definition) is 5. The topological polar surface area (TPSA) is 79.0 Å². The highest BCUT2D eigenvalue weighted by molar-refractivity contribution is 7.89. The molecule has 0 bridgehead atoms. The van der Waals surface area contributed by atoms with Gasteiger partial charge in [-0.15, -0.1) is 0 Å². The molecule has 0 aliphatic carbocycles. The number of hydrogen-bond donors (Lipinski definition) is 1. The highest BCUT2D eigenvalue weighted by Gasteiger charge is 2.27. The number of piperidine rings is 2. The largest absolute Gasteiger partial charge is 0.496 e. The van der Waals surface area contributed by atoms with Crippen LogP contribution in [0.4, 0.5) is 0 Å². The zero-order valence-electron chi connectivity index (χ0n) is 18.2. The molecule has 2 saturated heterocycles. The Morgan fingerprint density at radius 2 is 1.83 bits per heavy atom. The molecule has 2 aliphatic rings. The van der Waals surface area contributed by atoms with Crippen LogP contribution in [-0.4, -0.2) is 69.9 Å². The number of ether oxygens (including phenoxy) is 1. The van der Waals surface area contributed by atoms with E-state index < -0.39 is 10.0 Å². The summed E-state index contributed by atoms with van der Waals surface area (Å²) in [5.41, 5.74) is 0.266. The van der Waals surface area contributed by atoms with Crippen LogP contribution in [0.15, 0.2) is 23.1 Å². The molecule has 0 saturated carbocycles. The third-order valence-corrected chi connectivity index (χ3v) is 8.08. The number of likely N-dealkylation sites (tertiary alicyclic amines) is 1. The van der Waals surface area contributed by atoms with Gasteiger partial charge in [0.2, 0.25) is 10.0 Å². The van der Waals surface area contributed by atoms with E-state index in [4.69, 9.17) is 4.74 Å². The van der Waals surface area contributed by atoms with Gasteiger partial charge in [-0.3, -0.25) is 4.79 Å². The zero-order valence-corrected chi connectivity index (χ0v) is 19.0. The Hall–Kier alpha value is -1.64. The van der Waals surface area contributed by atoms with E-state index in [-0.39, 0.29) is 16.4 Å². The molecule has 0 aromatic heterocycles. The van der Waals surface area contributed by atoms with Crippen LogP contribution >= 0.6 is 0 Å². The van der Waals surface area contributed by atoms with E-state index >= 15 is 0 Å². The fraction of sp³-hybridized carbons (Fsp3) is 0.682. The van der Waals surface area contributed by atoms with Crippen molar-refractivity contribution in [1.29, 1.82) is 0 Å². The van der Waals surface area contributed by atoms with Crippen LogP contribution in [0, 0.1) is 5.92 Å². The maximum absolute atomic E-state index is 13.0. The lowest BCUT2D eigenvalue weighted by Crippen LogP contribution is -2.36. The first-order valence-electron chi connectivity index (χ1n) is 11.1. The van der Waals surface area contributed by atoms with Crippen LogP contribution < -0.4 is 10.1 Å². The third-order valence-electron chi connectivity index (χ3n) is 6.18. The van der Waals surface area contributed by atoms with E-state index in [1.807, 2.05) is 0 Å². The predicted octanol–water partition coefficient (Wildman–Crippen LogP) is 2.72. The fourth-order valence-electron chi connectivity index (χ4n) is 4.16. The summed E-state index contributed by atoms with van der Waals surface area (Å²) >= 11 is 0. The quantitative estimate of drug-likeness (QED) is 0.633. The summed E-state index contributed by atoms with van der Waals surface area (Å²) in [5, 5.41) is 2.93. The summed E-state index contributed by atoms with van der Waals surface area (Å²) in [5.74, 6) is 0.895. The second-order valence-corrected chi connectivity index (χ2v) is 10.4.